The Bertz CT molecular complexity index is 480. The first-order valence-corrected chi connectivity index (χ1v) is 6.48. The molecule has 0 aromatic heterocycles. The molecule has 0 radical (unpaired) electrons. The fourth-order valence-electron chi connectivity index (χ4n) is 1.00. The van der Waals surface area contributed by atoms with E-state index in [4.69, 9.17) is 9.11 Å². The third-order valence-corrected chi connectivity index (χ3v) is 3.64. The molecule has 0 aromatic rings. The van der Waals surface area contributed by atoms with E-state index in [-0.39, 0.29) is 6.42 Å². The average molecular weight is 240 g/mol. The van der Waals surface area contributed by atoms with Crippen LogP contribution in [0.5, 0.6) is 0 Å². The summed E-state index contributed by atoms with van der Waals surface area (Å²) >= 11 is 0. The van der Waals surface area contributed by atoms with E-state index >= 15 is 0 Å². The lowest BCUT2D eigenvalue weighted by Crippen LogP contribution is -2.20. The fraction of sp³-hybridized carbons (Fsp3) is 0.333. The molecule has 8 heteroatoms. The summed E-state index contributed by atoms with van der Waals surface area (Å²) in [5.74, 6) is 0. The zero-order chi connectivity index (χ0) is 11.0. The Kier molecular flexibility index (Phi) is 2.81. The Morgan fingerprint density at radius 1 is 1.21 bits per heavy atom. The minimum atomic E-state index is -4.42. The molecule has 1 unspecified atom stereocenters. The van der Waals surface area contributed by atoms with Crippen molar-refractivity contribution in [2.45, 2.75) is 11.7 Å². The monoisotopic (exact) mass is 240 g/mol. The second-order valence-corrected chi connectivity index (χ2v) is 5.79. The third kappa shape index (κ3) is 2.64. The Morgan fingerprint density at radius 2 is 1.79 bits per heavy atom. The van der Waals surface area contributed by atoms with Gasteiger partial charge in [-0.2, -0.15) is 16.8 Å². The van der Waals surface area contributed by atoms with E-state index in [2.05, 4.69) is 0 Å². The first-order chi connectivity index (χ1) is 6.21. The molecule has 1 aliphatic rings. The molecule has 0 amide bonds. The molecule has 0 spiro atoms. The van der Waals surface area contributed by atoms with E-state index in [0.29, 0.717) is 0 Å². The molecule has 1 aliphatic carbocycles. The second kappa shape index (κ2) is 3.46. The van der Waals surface area contributed by atoms with Crippen LogP contribution in [0.25, 0.3) is 0 Å². The minimum absolute atomic E-state index is 0.0160. The normalized spacial score (nSPS) is 23.3. The van der Waals surface area contributed by atoms with Gasteiger partial charge in [-0.05, 0) is 18.6 Å². The maximum atomic E-state index is 10.7. The van der Waals surface area contributed by atoms with Crippen LogP contribution in [-0.4, -0.2) is 31.2 Å². The predicted molar refractivity (Wildman–Crippen MR) is 48.7 cm³/mol. The van der Waals surface area contributed by atoms with Crippen molar-refractivity contribution < 1.29 is 25.9 Å². The second-order valence-electron chi connectivity index (χ2n) is 2.74. The zero-order valence-electron chi connectivity index (χ0n) is 6.86. The number of rotatable bonds is 2. The van der Waals surface area contributed by atoms with Gasteiger partial charge in [-0.25, -0.2) is 0 Å². The molecule has 2 N–H and O–H groups in total. The molecular weight excluding hydrogens is 232 g/mol. The lowest BCUT2D eigenvalue weighted by molar-refractivity contribution is 0.474. The molecule has 80 valence electrons. The molecule has 1 atom stereocenters. The summed E-state index contributed by atoms with van der Waals surface area (Å²) in [6.45, 7) is 0. The van der Waals surface area contributed by atoms with Crippen LogP contribution in [0.3, 0.4) is 0 Å². The molecule has 6 nitrogen and oxygen atoms in total. The quantitative estimate of drug-likeness (QED) is 0.656. The van der Waals surface area contributed by atoms with Gasteiger partial charge >= 0.3 is 0 Å². The molecule has 0 heterocycles. The van der Waals surface area contributed by atoms with Gasteiger partial charge in [0.1, 0.15) is 5.25 Å². The Morgan fingerprint density at radius 3 is 2.21 bits per heavy atom. The van der Waals surface area contributed by atoms with Gasteiger partial charge in [0, 0.05) is 0 Å². The highest BCUT2D eigenvalue weighted by Gasteiger charge is 2.25. The third-order valence-electron chi connectivity index (χ3n) is 1.68. The minimum Gasteiger partial charge on any atom is -0.285 e. The number of allylic oxidation sites excluding steroid dienone is 2. The van der Waals surface area contributed by atoms with Gasteiger partial charge in [-0.1, -0.05) is 6.08 Å². The first kappa shape index (κ1) is 11.4. The van der Waals surface area contributed by atoms with Crippen LogP contribution in [-0.2, 0) is 20.2 Å². The van der Waals surface area contributed by atoms with Crippen LogP contribution in [0, 0.1) is 0 Å². The Labute approximate surface area is 81.4 Å². The molecule has 0 saturated heterocycles. The number of hydrogen-bond donors (Lipinski definition) is 2. The zero-order valence-corrected chi connectivity index (χ0v) is 8.49. The van der Waals surface area contributed by atoms with Crippen LogP contribution in [0.1, 0.15) is 6.42 Å². The van der Waals surface area contributed by atoms with Crippen molar-refractivity contribution in [3.63, 3.8) is 0 Å². The van der Waals surface area contributed by atoms with E-state index in [1.807, 2.05) is 0 Å². The molecule has 1 rings (SSSR count). The van der Waals surface area contributed by atoms with Gasteiger partial charge in [0.25, 0.3) is 20.2 Å². The van der Waals surface area contributed by atoms with Crippen molar-refractivity contribution in [2.75, 3.05) is 0 Å². The largest absolute Gasteiger partial charge is 0.294 e. The topological polar surface area (TPSA) is 109 Å². The smallest absolute Gasteiger partial charge is 0.285 e. The van der Waals surface area contributed by atoms with Crippen molar-refractivity contribution in [3.8, 4) is 0 Å². The summed E-state index contributed by atoms with van der Waals surface area (Å²) in [5.41, 5.74) is 0. The molecule has 0 bridgehead atoms. The highest BCUT2D eigenvalue weighted by Crippen LogP contribution is 2.19. The van der Waals surface area contributed by atoms with Gasteiger partial charge in [-0.15, -0.1) is 0 Å². The fourth-order valence-corrected chi connectivity index (χ4v) is 2.37. The molecule has 0 fully saturated rings. The van der Waals surface area contributed by atoms with Crippen LogP contribution < -0.4 is 0 Å². The maximum Gasteiger partial charge on any atom is 0.294 e. The average Bonchev–Trinajstić information content (AvgIpc) is 2.01. The van der Waals surface area contributed by atoms with Crippen molar-refractivity contribution in [1.29, 1.82) is 0 Å². The summed E-state index contributed by atoms with van der Waals surface area (Å²) in [6, 6.07) is 0. The van der Waals surface area contributed by atoms with E-state index < -0.39 is 30.4 Å². The molecule has 14 heavy (non-hydrogen) atoms. The van der Waals surface area contributed by atoms with Crippen LogP contribution >= 0.6 is 0 Å². The van der Waals surface area contributed by atoms with Gasteiger partial charge in [0.05, 0.1) is 4.91 Å². The molecular formula is C6H8O6S2. The Hall–Kier alpha value is -0.700. The summed E-state index contributed by atoms with van der Waals surface area (Å²) in [4.78, 5) is -0.522. The van der Waals surface area contributed by atoms with Gasteiger partial charge in [0.15, 0.2) is 0 Å². The van der Waals surface area contributed by atoms with E-state index in [1.54, 1.807) is 0 Å². The van der Waals surface area contributed by atoms with E-state index in [9.17, 15) is 16.8 Å². The predicted octanol–water partition coefficient (Wildman–Crippen LogP) is -0.0256. The van der Waals surface area contributed by atoms with Crippen LogP contribution in [0.2, 0.25) is 0 Å². The van der Waals surface area contributed by atoms with Crippen LogP contribution in [0.15, 0.2) is 23.1 Å². The van der Waals surface area contributed by atoms with Crippen LogP contribution in [0.4, 0.5) is 0 Å². The lowest BCUT2D eigenvalue weighted by atomic mass is 10.2. The molecule has 0 saturated carbocycles. The molecule has 0 aliphatic heterocycles. The first-order valence-electron chi connectivity index (χ1n) is 3.53. The van der Waals surface area contributed by atoms with Crippen molar-refractivity contribution in [2.24, 2.45) is 0 Å². The van der Waals surface area contributed by atoms with Crippen molar-refractivity contribution >= 4 is 20.2 Å². The molecule has 0 aromatic carbocycles. The number of hydrogen-bond acceptors (Lipinski definition) is 4. The van der Waals surface area contributed by atoms with Crippen molar-refractivity contribution in [1.82, 2.24) is 0 Å². The summed E-state index contributed by atoms with van der Waals surface area (Å²) in [5, 5.41) is -1.32. The maximum absolute atomic E-state index is 10.7. The van der Waals surface area contributed by atoms with Gasteiger partial charge in [0.2, 0.25) is 0 Å². The Balaban J connectivity index is 3.14. The van der Waals surface area contributed by atoms with E-state index in [1.165, 1.54) is 6.08 Å². The highest BCUT2D eigenvalue weighted by molar-refractivity contribution is 7.90. The lowest BCUT2D eigenvalue weighted by Gasteiger charge is -2.11. The highest BCUT2D eigenvalue weighted by atomic mass is 32.2. The van der Waals surface area contributed by atoms with E-state index in [0.717, 1.165) is 12.2 Å². The standard InChI is InChI=1S/C6H8O6S2/c7-13(8,9)5-2-1-3-6(4-5)14(10,11)12/h1-2,4,6H,3H2,(H,7,8,9)(H,10,11,12). The SMILES string of the molecule is O=S(=O)(O)C1=CC(S(=O)(=O)O)CC=C1. The summed E-state index contributed by atoms with van der Waals surface area (Å²) in [6.07, 6.45) is 3.11. The summed E-state index contributed by atoms with van der Waals surface area (Å²) in [7, 11) is -8.74. The summed E-state index contributed by atoms with van der Waals surface area (Å²) < 4.78 is 59.8. The van der Waals surface area contributed by atoms with Gasteiger partial charge in [-0.3, -0.25) is 9.11 Å². The van der Waals surface area contributed by atoms with Crippen molar-refractivity contribution in [3.05, 3.63) is 23.1 Å². The van der Waals surface area contributed by atoms with Gasteiger partial charge < -0.3 is 0 Å².